The van der Waals surface area contributed by atoms with E-state index in [1.807, 2.05) is 0 Å². The number of alkyl halides is 3. The minimum absolute atomic E-state index is 0.0724. The maximum atomic E-state index is 12.9. The Morgan fingerprint density at radius 1 is 1.08 bits per heavy atom. The molecular weight excluding hydrogens is 355 g/mol. The van der Waals surface area contributed by atoms with Crippen molar-refractivity contribution in [2.24, 2.45) is 0 Å². The van der Waals surface area contributed by atoms with Crippen molar-refractivity contribution < 1.29 is 37.0 Å². The van der Waals surface area contributed by atoms with Crippen LogP contribution in [0, 0.1) is 0 Å². The molecule has 1 aliphatic heterocycles. The van der Waals surface area contributed by atoms with Crippen molar-refractivity contribution in [3.63, 3.8) is 0 Å². The molecule has 2 aromatic carbocycles. The van der Waals surface area contributed by atoms with Crippen LogP contribution >= 0.6 is 0 Å². The largest absolute Gasteiger partial charge is 0.454 e. The Morgan fingerprint density at radius 2 is 1.81 bits per heavy atom. The SMILES string of the molecule is O=C(COC(=O)c1ccccc1C(F)(F)F)Nc1ccc2c(c1)OCO2. The number of fused-ring (bicyclic) bond motifs is 1. The van der Waals surface area contributed by atoms with E-state index in [4.69, 9.17) is 9.47 Å². The number of rotatable bonds is 4. The lowest BCUT2D eigenvalue weighted by molar-refractivity contribution is -0.138. The van der Waals surface area contributed by atoms with Crippen molar-refractivity contribution in [2.75, 3.05) is 18.7 Å². The number of halogens is 3. The molecule has 0 bridgehead atoms. The van der Waals surface area contributed by atoms with E-state index in [0.29, 0.717) is 17.2 Å². The topological polar surface area (TPSA) is 73.9 Å². The van der Waals surface area contributed by atoms with Crippen molar-refractivity contribution >= 4 is 17.6 Å². The van der Waals surface area contributed by atoms with Crippen molar-refractivity contribution in [1.82, 2.24) is 0 Å². The van der Waals surface area contributed by atoms with Crippen LogP contribution < -0.4 is 14.8 Å². The molecule has 0 atom stereocenters. The summed E-state index contributed by atoms with van der Waals surface area (Å²) < 4.78 is 53.7. The number of hydrogen-bond acceptors (Lipinski definition) is 5. The minimum Gasteiger partial charge on any atom is -0.454 e. The third-order valence-electron chi connectivity index (χ3n) is 3.44. The smallest absolute Gasteiger partial charge is 0.417 e. The number of benzene rings is 2. The third kappa shape index (κ3) is 3.88. The van der Waals surface area contributed by atoms with Crippen molar-refractivity contribution in [1.29, 1.82) is 0 Å². The predicted octanol–water partition coefficient (Wildman–Crippen LogP) is 3.23. The second kappa shape index (κ2) is 6.95. The lowest BCUT2D eigenvalue weighted by Gasteiger charge is -2.12. The van der Waals surface area contributed by atoms with Crippen molar-refractivity contribution in [3.8, 4) is 11.5 Å². The van der Waals surface area contributed by atoms with Gasteiger partial charge in [-0.2, -0.15) is 13.2 Å². The molecule has 26 heavy (non-hydrogen) atoms. The van der Waals surface area contributed by atoms with Gasteiger partial charge in [-0.1, -0.05) is 12.1 Å². The number of carbonyl (C=O) groups excluding carboxylic acids is 2. The quantitative estimate of drug-likeness (QED) is 0.840. The van der Waals surface area contributed by atoms with E-state index < -0.39 is 35.8 Å². The Labute approximate surface area is 145 Å². The van der Waals surface area contributed by atoms with Crippen molar-refractivity contribution in [3.05, 3.63) is 53.6 Å². The standard InChI is InChI=1S/C17H12F3NO5/c18-17(19,20)12-4-2-1-3-11(12)16(23)24-8-15(22)21-10-5-6-13-14(7-10)26-9-25-13/h1-7H,8-9H2,(H,21,22). The van der Waals surface area contributed by atoms with Gasteiger partial charge in [-0.3, -0.25) is 4.79 Å². The number of esters is 1. The molecule has 3 rings (SSSR count). The van der Waals surface area contributed by atoms with Gasteiger partial charge in [0.15, 0.2) is 18.1 Å². The molecule has 2 aromatic rings. The number of nitrogens with one attached hydrogen (secondary N) is 1. The summed E-state index contributed by atoms with van der Waals surface area (Å²) in [5.41, 5.74) is -1.41. The summed E-state index contributed by atoms with van der Waals surface area (Å²) in [6.45, 7) is -0.664. The van der Waals surface area contributed by atoms with E-state index in [1.54, 1.807) is 12.1 Å². The summed E-state index contributed by atoms with van der Waals surface area (Å²) in [6, 6.07) is 8.84. The first-order valence-corrected chi connectivity index (χ1v) is 7.37. The molecule has 0 aromatic heterocycles. The average molecular weight is 367 g/mol. The molecule has 9 heteroatoms. The second-order valence-electron chi connectivity index (χ2n) is 5.24. The fourth-order valence-electron chi connectivity index (χ4n) is 2.29. The van der Waals surface area contributed by atoms with Gasteiger partial charge >= 0.3 is 12.1 Å². The highest BCUT2D eigenvalue weighted by molar-refractivity contribution is 5.96. The lowest BCUT2D eigenvalue weighted by Crippen LogP contribution is -2.22. The molecule has 0 fully saturated rings. The van der Waals surface area contributed by atoms with Gasteiger partial charge in [-0.25, -0.2) is 4.79 Å². The fraction of sp³-hybridized carbons (Fsp3) is 0.176. The maximum Gasteiger partial charge on any atom is 0.417 e. The molecule has 136 valence electrons. The highest BCUT2D eigenvalue weighted by atomic mass is 19.4. The molecule has 0 aliphatic carbocycles. The highest BCUT2D eigenvalue weighted by Crippen LogP contribution is 2.34. The summed E-state index contributed by atoms with van der Waals surface area (Å²) in [6.07, 6.45) is -4.70. The van der Waals surface area contributed by atoms with Crippen molar-refractivity contribution in [2.45, 2.75) is 6.18 Å². The number of carbonyl (C=O) groups is 2. The first kappa shape index (κ1) is 17.6. The molecule has 0 radical (unpaired) electrons. The van der Waals surface area contributed by atoms with Crippen LogP contribution in [0.3, 0.4) is 0 Å². The Hall–Kier alpha value is -3.23. The van der Waals surface area contributed by atoms with Crippen LogP contribution in [-0.2, 0) is 15.7 Å². The molecular formula is C17H12F3NO5. The molecule has 0 spiro atoms. The van der Waals surface area contributed by atoms with Crippen LogP contribution in [0.1, 0.15) is 15.9 Å². The lowest BCUT2D eigenvalue weighted by atomic mass is 10.1. The van der Waals surface area contributed by atoms with Gasteiger partial charge < -0.3 is 19.5 Å². The van der Waals surface area contributed by atoms with E-state index in [-0.39, 0.29) is 6.79 Å². The summed E-state index contributed by atoms with van der Waals surface area (Å²) >= 11 is 0. The van der Waals surface area contributed by atoms with Crippen LogP contribution in [0.5, 0.6) is 11.5 Å². The number of ether oxygens (including phenoxy) is 3. The zero-order valence-electron chi connectivity index (χ0n) is 13.1. The normalized spacial score (nSPS) is 12.6. The summed E-state index contributed by atoms with van der Waals surface area (Å²) in [5.74, 6) is -0.974. The zero-order chi connectivity index (χ0) is 18.7. The first-order valence-electron chi connectivity index (χ1n) is 7.37. The van der Waals surface area contributed by atoms with Crippen LogP contribution in [0.4, 0.5) is 18.9 Å². The number of amides is 1. The van der Waals surface area contributed by atoms with Crippen LogP contribution in [-0.4, -0.2) is 25.3 Å². The highest BCUT2D eigenvalue weighted by Gasteiger charge is 2.35. The van der Waals surface area contributed by atoms with E-state index in [9.17, 15) is 22.8 Å². The summed E-state index contributed by atoms with van der Waals surface area (Å²) in [7, 11) is 0. The van der Waals surface area contributed by atoms with Gasteiger partial charge in [-0.05, 0) is 24.3 Å². The van der Waals surface area contributed by atoms with Gasteiger partial charge in [0, 0.05) is 11.8 Å². The average Bonchev–Trinajstić information content (AvgIpc) is 3.06. The molecule has 1 heterocycles. The molecule has 0 saturated carbocycles. The number of anilines is 1. The minimum atomic E-state index is -4.70. The maximum absolute atomic E-state index is 12.9. The molecule has 0 saturated heterocycles. The van der Waals surface area contributed by atoms with Crippen LogP contribution in [0.15, 0.2) is 42.5 Å². The van der Waals surface area contributed by atoms with E-state index in [1.165, 1.54) is 12.1 Å². The van der Waals surface area contributed by atoms with Gasteiger partial charge in [0.25, 0.3) is 5.91 Å². The molecule has 1 aliphatic rings. The van der Waals surface area contributed by atoms with Gasteiger partial charge in [0.2, 0.25) is 6.79 Å². The van der Waals surface area contributed by atoms with E-state index in [0.717, 1.165) is 18.2 Å². The molecule has 1 amide bonds. The van der Waals surface area contributed by atoms with E-state index >= 15 is 0 Å². The summed E-state index contributed by atoms with van der Waals surface area (Å²) in [5, 5.41) is 2.45. The Bertz CT molecular complexity index is 851. The zero-order valence-corrected chi connectivity index (χ0v) is 13.1. The first-order chi connectivity index (χ1) is 12.3. The Morgan fingerprint density at radius 3 is 2.58 bits per heavy atom. The van der Waals surface area contributed by atoms with Gasteiger partial charge in [0.05, 0.1) is 11.1 Å². The predicted molar refractivity (Wildman–Crippen MR) is 82.9 cm³/mol. The number of hydrogen-bond donors (Lipinski definition) is 1. The Balaban J connectivity index is 1.61. The monoisotopic (exact) mass is 367 g/mol. The fourth-order valence-corrected chi connectivity index (χ4v) is 2.29. The Kier molecular flexibility index (Phi) is 4.70. The second-order valence-corrected chi connectivity index (χ2v) is 5.24. The molecule has 1 N–H and O–H groups in total. The third-order valence-corrected chi connectivity index (χ3v) is 3.44. The molecule has 0 unspecified atom stereocenters. The summed E-state index contributed by atoms with van der Waals surface area (Å²) in [4.78, 5) is 23.7. The van der Waals surface area contributed by atoms with Gasteiger partial charge in [-0.15, -0.1) is 0 Å². The molecule has 6 nitrogen and oxygen atoms in total. The van der Waals surface area contributed by atoms with Crippen LogP contribution in [0.25, 0.3) is 0 Å². The van der Waals surface area contributed by atoms with Crippen LogP contribution in [0.2, 0.25) is 0 Å². The van der Waals surface area contributed by atoms with Gasteiger partial charge in [0.1, 0.15) is 0 Å². The van der Waals surface area contributed by atoms with E-state index in [2.05, 4.69) is 10.1 Å².